The van der Waals surface area contributed by atoms with Crippen molar-refractivity contribution in [1.29, 1.82) is 0 Å². The Morgan fingerprint density at radius 3 is 2.22 bits per heavy atom. The van der Waals surface area contributed by atoms with Crippen molar-refractivity contribution in [2.75, 3.05) is 5.73 Å². The Labute approximate surface area is 133 Å². The Morgan fingerprint density at radius 2 is 1.74 bits per heavy atom. The highest BCUT2D eigenvalue weighted by molar-refractivity contribution is 5.92. The second kappa shape index (κ2) is 5.96. The highest BCUT2D eigenvalue weighted by Gasteiger charge is 2.12. The molecule has 0 spiro atoms. The van der Waals surface area contributed by atoms with Crippen molar-refractivity contribution in [2.45, 2.75) is 20.0 Å². The minimum Gasteiger partial charge on any atom is -0.477 e. The molecule has 0 amide bonds. The van der Waals surface area contributed by atoms with Crippen LogP contribution in [0.1, 0.15) is 27.0 Å². The molecule has 0 aliphatic heterocycles. The number of nitrogens with two attached hydrogens (primary N) is 1. The van der Waals surface area contributed by atoms with Crippen LogP contribution in [-0.4, -0.2) is 30.6 Å². The maximum Gasteiger partial charge on any atom is 0.341 e. The van der Waals surface area contributed by atoms with E-state index in [0.717, 1.165) is 16.7 Å². The number of aromatic carboxylic acids is 1. The van der Waals surface area contributed by atoms with Gasteiger partial charge in [0.05, 0.1) is 19.3 Å². The number of carboxylic acid groups (broad SMARTS) is 1. The largest absolute Gasteiger partial charge is 0.477 e. The van der Waals surface area contributed by atoms with Crippen molar-refractivity contribution < 1.29 is 9.90 Å². The van der Waals surface area contributed by atoms with Gasteiger partial charge in [-0.25, -0.2) is 4.79 Å². The smallest absolute Gasteiger partial charge is 0.341 e. The molecule has 0 bridgehead atoms. The van der Waals surface area contributed by atoms with E-state index in [1.54, 1.807) is 0 Å². The monoisotopic (exact) mass is 311 g/mol. The van der Waals surface area contributed by atoms with E-state index in [1.807, 2.05) is 48.3 Å². The molecular formula is C16H17N5O2. The van der Waals surface area contributed by atoms with Gasteiger partial charge in [-0.1, -0.05) is 24.3 Å². The van der Waals surface area contributed by atoms with Gasteiger partial charge in [0.15, 0.2) is 5.82 Å². The van der Waals surface area contributed by atoms with Crippen LogP contribution < -0.4 is 5.73 Å². The predicted octanol–water partition coefficient (Wildman–Crippen LogP) is 1.77. The van der Waals surface area contributed by atoms with E-state index < -0.39 is 5.97 Å². The fourth-order valence-corrected chi connectivity index (χ4v) is 2.36. The van der Waals surface area contributed by atoms with Gasteiger partial charge in [0.2, 0.25) is 0 Å². The van der Waals surface area contributed by atoms with Crippen molar-refractivity contribution in [2.24, 2.45) is 0 Å². The Kier molecular flexibility index (Phi) is 3.84. The topological polar surface area (TPSA) is 99.0 Å². The zero-order valence-corrected chi connectivity index (χ0v) is 12.7. The molecule has 7 nitrogen and oxygen atoms in total. The van der Waals surface area contributed by atoms with Crippen molar-refractivity contribution in [3.63, 3.8) is 0 Å². The van der Waals surface area contributed by atoms with Crippen LogP contribution in [0, 0.1) is 6.92 Å². The number of hydrogen-bond donors (Lipinski definition) is 2. The SMILES string of the molecule is Cc1cnn(Cc2ccc(Cn3cc(C(=O)O)c(N)n3)cc2)c1. The molecule has 7 heteroatoms. The van der Waals surface area contributed by atoms with E-state index in [1.165, 1.54) is 10.9 Å². The molecule has 0 unspecified atom stereocenters. The van der Waals surface area contributed by atoms with Crippen LogP contribution in [0.5, 0.6) is 0 Å². The molecule has 2 heterocycles. The first-order chi connectivity index (χ1) is 11.0. The number of nitrogen functional groups attached to an aromatic ring is 1. The molecule has 3 N–H and O–H groups in total. The minimum absolute atomic E-state index is 0.0238. The third-order valence-corrected chi connectivity index (χ3v) is 3.50. The zero-order valence-electron chi connectivity index (χ0n) is 12.7. The quantitative estimate of drug-likeness (QED) is 0.748. The van der Waals surface area contributed by atoms with Gasteiger partial charge in [-0.05, 0) is 23.6 Å². The molecule has 0 atom stereocenters. The fourth-order valence-electron chi connectivity index (χ4n) is 2.36. The van der Waals surface area contributed by atoms with Crippen LogP contribution in [-0.2, 0) is 13.1 Å². The molecule has 0 aliphatic carbocycles. The third kappa shape index (κ3) is 3.39. The molecule has 23 heavy (non-hydrogen) atoms. The number of aromatic nitrogens is 4. The van der Waals surface area contributed by atoms with Crippen LogP contribution in [0.15, 0.2) is 42.9 Å². The highest BCUT2D eigenvalue weighted by atomic mass is 16.4. The molecule has 3 aromatic rings. The minimum atomic E-state index is -1.07. The maximum absolute atomic E-state index is 11.0. The number of hydrogen-bond acceptors (Lipinski definition) is 4. The second-order valence-corrected chi connectivity index (χ2v) is 5.46. The van der Waals surface area contributed by atoms with Gasteiger partial charge >= 0.3 is 5.97 Å². The lowest BCUT2D eigenvalue weighted by molar-refractivity contribution is 0.0698. The average Bonchev–Trinajstić information content (AvgIpc) is 3.07. The predicted molar refractivity (Wildman–Crippen MR) is 85.2 cm³/mol. The summed E-state index contributed by atoms with van der Waals surface area (Å²) in [6.07, 6.45) is 5.27. The maximum atomic E-state index is 11.0. The average molecular weight is 311 g/mol. The van der Waals surface area contributed by atoms with E-state index in [0.29, 0.717) is 13.1 Å². The van der Waals surface area contributed by atoms with Crippen molar-refractivity contribution in [3.8, 4) is 0 Å². The Balaban J connectivity index is 1.70. The van der Waals surface area contributed by atoms with Gasteiger partial charge in [-0.3, -0.25) is 9.36 Å². The number of aryl methyl sites for hydroxylation is 1. The van der Waals surface area contributed by atoms with Crippen molar-refractivity contribution in [3.05, 3.63) is 65.1 Å². The van der Waals surface area contributed by atoms with Crippen LogP contribution in [0.2, 0.25) is 0 Å². The van der Waals surface area contributed by atoms with E-state index in [9.17, 15) is 4.79 Å². The zero-order chi connectivity index (χ0) is 16.4. The first kappa shape index (κ1) is 14.8. The summed E-state index contributed by atoms with van der Waals surface area (Å²) in [4.78, 5) is 11.0. The Hall–Kier alpha value is -3.09. The van der Waals surface area contributed by atoms with E-state index >= 15 is 0 Å². The summed E-state index contributed by atoms with van der Waals surface area (Å²) in [7, 11) is 0. The molecule has 0 saturated carbocycles. The first-order valence-corrected chi connectivity index (χ1v) is 7.14. The van der Waals surface area contributed by atoms with E-state index in [4.69, 9.17) is 10.8 Å². The van der Waals surface area contributed by atoms with Crippen molar-refractivity contribution in [1.82, 2.24) is 19.6 Å². The van der Waals surface area contributed by atoms with Gasteiger partial charge in [0.1, 0.15) is 5.56 Å². The highest BCUT2D eigenvalue weighted by Crippen LogP contribution is 2.12. The standard InChI is InChI=1S/C16H17N5O2/c1-11-6-18-20(7-11)8-12-2-4-13(5-3-12)9-21-10-14(16(22)23)15(17)19-21/h2-7,10H,8-9H2,1H3,(H2,17,19)(H,22,23). The molecule has 0 saturated heterocycles. The molecule has 0 radical (unpaired) electrons. The first-order valence-electron chi connectivity index (χ1n) is 7.14. The lowest BCUT2D eigenvalue weighted by Gasteiger charge is -2.05. The molecule has 3 rings (SSSR count). The van der Waals surface area contributed by atoms with E-state index in [2.05, 4.69) is 10.2 Å². The number of nitrogens with zero attached hydrogens (tertiary/aromatic N) is 4. The normalized spacial score (nSPS) is 10.8. The second-order valence-electron chi connectivity index (χ2n) is 5.46. The number of anilines is 1. The molecule has 0 fully saturated rings. The van der Waals surface area contributed by atoms with Gasteiger partial charge in [0, 0.05) is 12.4 Å². The summed E-state index contributed by atoms with van der Waals surface area (Å²) in [5.74, 6) is -1.04. The summed E-state index contributed by atoms with van der Waals surface area (Å²) >= 11 is 0. The Bertz CT molecular complexity index is 833. The van der Waals surface area contributed by atoms with Crippen LogP contribution in [0.25, 0.3) is 0 Å². The number of carbonyl (C=O) groups is 1. The molecule has 2 aromatic heterocycles. The fraction of sp³-hybridized carbons (Fsp3) is 0.188. The lowest BCUT2D eigenvalue weighted by Crippen LogP contribution is -2.03. The molecule has 1 aromatic carbocycles. The van der Waals surface area contributed by atoms with Crippen LogP contribution in [0.4, 0.5) is 5.82 Å². The molecular weight excluding hydrogens is 294 g/mol. The van der Waals surface area contributed by atoms with Crippen LogP contribution in [0.3, 0.4) is 0 Å². The summed E-state index contributed by atoms with van der Waals surface area (Å²) < 4.78 is 3.42. The lowest BCUT2D eigenvalue weighted by atomic mass is 10.1. The van der Waals surface area contributed by atoms with Gasteiger partial charge in [-0.2, -0.15) is 10.2 Å². The number of benzene rings is 1. The van der Waals surface area contributed by atoms with Crippen molar-refractivity contribution >= 4 is 11.8 Å². The summed E-state index contributed by atoms with van der Waals surface area (Å²) in [5.41, 5.74) is 8.90. The number of rotatable bonds is 5. The van der Waals surface area contributed by atoms with E-state index in [-0.39, 0.29) is 11.4 Å². The summed E-state index contributed by atoms with van der Waals surface area (Å²) in [5, 5.41) is 17.3. The number of carboxylic acids is 1. The summed E-state index contributed by atoms with van der Waals surface area (Å²) in [6, 6.07) is 8.03. The third-order valence-electron chi connectivity index (χ3n) is 3.50. The molecule has 118 valence electrons. The Morgan fingerprint density at radius 1 is 1.13 bits per heavy atom. The van der Waals surface area contributed by atoms with Gasteiger partial charge in [0.25, 0.3) is 0 Å². The van der Waals surface area contributed by atoms with Gasteiger partial charge < -0.3 is 10.8 Å². The van der Waals surface area contributed by atoms with Gasteiger partial charge in [-0.15, -0.1) is 0 Å². The molecule has 0 aliphatic rings. The summed E-state index contributed by atoms with van der Waals surface area (Å²) in [6.45, 7) is 3.19. The van der Waals surface area contributed by atoms with Crippen LogP contribution >= 0.6 is 0 Å².